The van der Waals surface area contributed by atoms with Crippen molar-refractivity contribution >= 4 is 5.97 Å². The summed E-state index contributed by atoms with van der Waals surface area (Å²) in [5.74, 6) is -3.89. The third-order valence-corrected chi connectivity index (χ3v) is 2.33. The fourth-order valence-corrected chi connectivity index (χ4v) is 1.43. The molecule has 0 saturated heterocycles. The molecule has 4 nitrogen and oxygen atoms in total. The van der Waals surface area contributed by atoms with E-state index in [1.807, 2.05) is 0 Å². The van der Waals surface area contributed by atoms with E-state index in [2.05, 4.69) is 4.98 Å². The molecule has 18 heavy (non-hydrogen) atoms. The number of aromatic nitrogens is 1. The number of hydrogen-bond donors (Lipinski definition) is 2. The second-order valence-corrected chi connectivity index (χ2v) is 3.52. The molecule has 0 fully saturated rings. The van der Waals surface area contributed by atoms with E-state index in [1.54, 1.807) is 0 Å². The first-order valence-electron chi connectivity index (χ1n) is 4.87. The van der Waals surface area contributed by atoms with Crippen molar-refractivity contribution in [3.05, 3.63) is 47.7 Å². The standard InChI is InChI=1S/C12H7F2NO3/c13-8-2-1-6(3-9(8)14)10-4-7(12(17)18)11(16)5-15-10/h1-5,16H,(H,17,18). The molecule has 0 bridgehead atoms. The van der Waals surface area contributed by atoms with E-state index in [-0.39, 0.29) is 16.8 Å². The number of rotatable bonds is 2. The van der Waals surface area contributed by atoms with Gasteiger partial charge in [-0.15, -0.1) is 0 Å². The molecule has 1 aromatic heterocycles. The quantitative estimate of drug-likeness (QED) is 0.859. The molecule has 0 aliphatic carbocycles. The van der Waals surface area contributed by atoms with Crippen molar-refractivity contribution in [1.82, 2.24) is 4.98 Å². The van der Waals surface area contributed by atoms with Crippen LogP contribution >= 0.6 is 0 Å². The van der Waals surface area contributed by atoms with Crippen molar-refractivity contribution in [2.45, 2.75) is 0 Å². The zero-order valence-electron chi connectivity index (χ0n) is 8.89. The Hall–Kier alpha value is -2.50. The molecule has 1 heterocycles. The van der Waals surface area contributed by atoms with Gasteiger partial charge in [-0.2, -0.15) is 0 Å². The molecular weight excluding hydrogens is 244 g/mol. The molecule has 2 N–H and O–H groups in total. The Morgan fingerprint density at radius 2 is 1.89 bits per heavy atom. The number of carbonyl (C=O) groups is 1. The van der Waals surface area contributed by atoms with Gasteiger partial charge in [0, 0.05) is 5.56 Å². The van der Waals surface area contributed by atoms with Gasteiger partial charge in [0.05, 0.1) is 11.9 Å². The average molecular weight is 251 g/mol. The molecule has 0 aliphatic rings. The van der Waals surface area contributed by atoms with E-state index in [0.29, 0.717) is 0 Å². The first-order valence-corrected chi connectivity index (χ1v) is 4.87. The summed E-state index contributed by atoms with van der Waals surface area (Å²) < 4.78 is 25.8. The fourth-order valence-electron chi connectivity index (χ4n) is 1.43. The lowest BCUT2D eigenvalue weighted by atomic mass is 10.1. The molecule has 0 aliphatic heterocycles. The Morgan fingerprint density at radius 1 is 1.17 bits per heavy atom. The van der Waals surface area contributed by atoms with Crippen molar-refractivity contribution in [2.75, 3.05) is 0 Å². The highest BCUT2D eigenvalue weighted by Gasteiger charge is 2.13. The average Bonchev–Trinajstić information content (AvgIpc) is 2.33. The molecule has 2 rings (SSSR count). The lowest BCUT2D eigenvalue weighted by Gasteiger charge is -2.04. The number of aromatic carboxylic acids is 1. The second-order valence-electron chi connectivity index (χ2n) is 3.52. The maximum atomic E-state index is 13.0. The van der Waals surface area contributed by atoms with Gasteiger partial charge in [0.15, 0.2) is 11.6 Å². The highest BCUT2D eigenvalue weighted by molar-refractivity contribution is 5.91. The molecule has 0 atom stereocenters. The molecule has 0 radical (unpaired) electrons. The van der Waals surface area contributed by atoms with Gasteiger partial charge in [-0.3, -0.25) is 4.98 Å². The first kappa shape index (κ1) is 12.0. The predicted octanol–water partition coefficient (Wildman–Crippen LogP) is 2.43. The van der Waals surface area contributed by atoms with Crippen LogP contribution in [0.2, 0.25) is 0 Å². The number of halogens is 2. The van der Waals surface area contributed by atoms with E-state index in [1.165, 1.54) is 6.07 Å². The lowest BCUT2D eigenvalue weighted by Crippen LogP contribution is -1.98. The third-order valence-electron chi connectivity index (χ3n) is 2.33. The molecule has 6 heteroatoms. The van der Waals surface area contributed by atoms with Crippen LogP contribution in [-0.2, 0) is 0 Å². The van der Waals surface area contributed by atoms with E-state index in [0.717, 1.165) is 24.4 Å². The normalized spacial score (nSPS) is 10.3. The Bertz CT molecular complexity index is 629. The number of benzene rings is 1. The largest absolute Gasteiger partial charge is 0.505 e. The van der Waals surface area contributed by atoms with Gasteiger partial charge in [-0.1, -0.05) is 0 Å². The number of carboxylic acids is 1. The fraction of sp³-hybridized carbons (Fsp3) is 0. The summed E-state index contributed by atoms with van der Waals surface area (Å²) in [4.78, 5) is 14.6. The topological polar surface area (TPSA) is 70.4 Å². The number of pyridine rings is 1. The summed E-state index contributed by atoms with van der Waals surface area (Å²) in [6.45, 7) is 0. The highest BCUT2D eigenvalue weighted by atomic mass is 19.2. The molecule has 92 valence electrons. The van der Waals surface area contributed by atoms with Crippen LogP contribution in [0.4, 0.5) is 8.78 Å². The van der Waals surface area contributed by atoms with E-state index in [4.69, 9.17) is 5.11 Å². The van der Waals surface area contributed by atoms with E-state index < -0.39 is 23.4 Å². The van der Waals surface area contributed by atoms with Gasteiger partial charge < -0.3 is 10.2 Å². The van der Waals surface area contributed by atoms with Crippen LogP contribution in [0.25, 0.3) is 11.3 Å². The second kappa shape index (κ2) is 4.40. The van der Waals surface area contributed by atoms with Crippen molar-refractivity contribution < 1.29 is 23.8 Å². The Balaban J connectivity index is 2.54. The SMILES string of the molecule is O=C(O)c1cc(-c2ccc(F)c(F)c2)ncc1O. The van der Waals surface area contributed by atoms with E-state index >= 15 is 0 Å². The van der Waals surface area contributed by atoms with Crippen LogP contribution in [0.1, 0.15) is 10.4 Å². The monoisotopic (exact) mass is 251 g/mol. The summed E-state index contributed by atoms with van der Waals surface area (Å²) >= 11 is 0. The Labute approximate surface area is 100 Å². The zero-order valence-corrected chi connectivity index (χ0v) is 8.89. The Morgan fingerprint density at radius 3 is 2.50 bits per heavy atom. The van der Waals surface area contributed by atoms with Crippen molar-refractivity contribution in [1.29, 1.82) is 0 Å². The minimum Gasteiger partial charge on any atom is -0.505 e. The molecule has 0 saturated carbocycles. The molecular formula is C12H7F2NO3. The highest BCUT2D eigenvalue weighted by Crippen LogP contribution is 2.24. The lowest BCUT2D eigenvalue weighted by molar-refractivity contribution is 0.0693. The summed E-state index contributed by atoms with van der Waals surface area (Å²) in [7, 11) is 0. The van der Waals surface area contributed by atoms with Crippen LogP contribution in [0.15, 0.2) is 30.5 Å². The number of hydrogen-bond acceptors (Lipinski definition) is 3. The number of carboxylic acid groups (broad SMARTS) is 1. The minimum absolute atomic E-state index is 0.129. The van der Waals surface area contributed by atoms with Gasteiger partial charge in [0.1, 0.15) is 11.3 Å². The van der Waals surface area contributed by atoms with Gasteiger partial charge in [0.2, 0.25) is 0 Å². The van der Waals surface area contributed by atoms with Gasteiger partial charge >= 0.3 is 5.97 Å². The smallest absolute Gasteiger partial charge is 0.339 e. The summed E-state index contributed by atoms with van der Waals surface area (Å²) in [5.41, 5.74) is -0.00904. The minimum atomic E-state index is -1.33. The number of aromatic hydroxyl groups is 1. The molecule has 0 amide bonds. The van der Waals surface area contributed by atoms with Crippen LogP contribution in [0.3, 0.4) is 0 Å². The van der Waals surface area contributed by atoms with Crippen LogP contribution < -0.4 is 0 Å². The summed E-state index contributed by atoms with van der Waals surface area (Å²) in [6, 6.07) is 4.17. The maximum absolute atomic E-state index is 13.0. The molecule has 2 aromatic rings. The molecule has 1 aromatic carbocycles. The van der Waals surface area contributed by atoms with Gasteiger partial charge in [-0.05, 0) is 24.3 Å². The van der Waals surface area contributed by atoms with Gasteiger partial charge in [-0.25, -0.2) is 13.6 Å². The third kappa shape index (κ3) is 2.13. The van der Waals surface area contributed by atoms with Crippen LogP contribution in [0.5, 0.6) is 5.75 Å². The van der Waals surface area contributed by atoms with Crippen molar-refractivity contribution in [2.24, 2.45) is 0 Å². The van der Waals surface area contributed by atoms with Crippen LogP contribution in [-0.4, -0.2) is 21.2 Å². The molecule has 0 unspecified atom stereocenters. The Kier molecular flexibility index (Phi) is 2.93. The van der Waals surface area contributed by atoms with Gasteiger partial charge in [0.25, 0.3) is 0 Å². The summed E-state index contributed by atoms with van der Waals surface area (Å²) in [6.07, 6.45) is 0.944. The molecule has 0 spiro atoms. The number of nitrogens with zero attached hydrogens (tertiary/aromatic N) is 1. The zero-order chi connectivity index (χ0) is 13.3. The van der Waals surface area contributed by atoms with Crippen LogP contribution in [0, 0.1) is 11.6 Å². The summed E-state index contributed by atoms with van der Waals surface area (Å²) in [5, 5.41) is 18.1. The maximum Gasteiger partial charge on any atom is 0.339 e. The van der Waals surface area contributed by atoms with Crippen molar-refractivity contribution in [3.8, 4) is 17.0 Å². The van der Waals surface area contributed by atoms with E-state index in [9.17, 15) is 18.7 Å². The van der Waals surface area contributed by atoms with Crippen molar-refractivity contribution in [3.63, 3.8) is 0 Å². The first-order chi connectivity index (χ1) is 8.49. The predicted molar refractivity (Wildman–Crippen MR) is 58.2 cm³/mol.